The van der Waals surface area contributed by atoms with Crippen LogP contribution in [0.25, 0.3) is 50.6 Å². The van der Waals surface area contributed by atoms with Crippen molar-refractivity contribution in [3.05, 3.63) is 118 Å². The summed E-state index contributed by atoms with van der Waals surface area (Å²) in [5, 5.41) is 11.8. The molecule has 0 saturated carbocycles. The molecule has 1 N–H and O–H groups in total. The molecular formula is C40H40N2O4. The number of rotatable bonds is 7. The summed E-state index contributed by atoms with van der Waals surface area (Å²) in [4.78, 5) is 14.5. The molecule has 46 heavy (non-hydrogen) atoms. The van der Waals surface area contributed by atoms with Crippen LogP contribution in [0.5, 0.6) is 11.5 Å². The maximum absolute atomic E-state index is 11.4. The smallest absolute Gasteiger partial charge is 0.333 e. The van der Waals surface area contributed by atoms with Crippen molar-refractivity contribution >= 4 is 46.0 Å². The van der Waals surface area contributed by atoms with Gasteiger partial charge in [-0.1, -0.05) is 78.0 Å². The van der Waals surface area contributed by atoms with E-state index in [1.807, 2.05) is 12.2 Å². The van der Waals surface area contributed by atoms with Gasteiger partial charge in [0, 0.05) is 27.6 Å². The lowest BCUT2D eigenvalue weighted by molar-refractivity contribution is -0.132. The number of carboxylic acid groups (broad SMARTS) is 1. The highest BCUT2D eigenvalue weighted by molar-refractivity contribution is 6.10. The van der Waals surface area contributed by atoms with E-state index in [1.165, 1.54) is 46.1 Å². The first-order valence-electron chi connectivity index (χ1n) is 15.2. The largest absolute Gasteiger partial charge is 0.496 e. The number of aromatic nitrogens is 1. The Kier molecular flexibility index (Phi) is 8.56. The second-order valence-corrected chi connectivity index (χ2v) is 13.5. The van der Waals surface area contributed by atoms with Gasteiger partial charge in [0.2, 0.25) is 0 Å². The molecule has 0 aliphatic rings. The second kappa shape index (κ2) is 12.3. The third-order valence-corrected chi connectivity index (χ3v) is 8.32. The van der Waals surface area contributed by atoms with Crippen LogP contribution >= 0.6 is 0 Å². The number of hydrogen-bond acceptors (Lipinski definition) is 3. The maximum atomic E-state index is 11.4. The Morgan fingerprint density at radius 1 is 0.739 bits per heavy atom. The average Bonchev–Trinajstić information content (AvgIpc) is 3.35. The number of hydrogen-bond donors (Lipinski definition) is 1. The highest BCUT2D eigenvalue weighted by Crippen LogP contribution is 2.38. The fourth-order valence-electron chi connectivity index (χ4n) is 5.63. The molecule has 6 heteroatoms. The number of ether oxygens (including phenoxy) is 2. The van der Waals surface area contributed by atoms with Gasteiger partial charge in [-0.2, -0.15) is 0 Å². The molecule has 6 nitrogen and oxygen atoms in total. The van der Waals surface area contributed by atoms with E-state index in [0.717, 1.165) is 16.8 Å². The summed E-state index contributed by atoms with van der Waals surface area (Å²) in [6, 6.07) is 25.6. The molecule has 0 radical (unpaired) electrons. The second-order valence-electron chi connectivity index (χ2n) is 13.5. The van der Waals surface area contributed by atoms with Crippen molar-refractivity contribution in [3.8, 4) is 17.2 Å². The van der Waals surface area contributed by atoms with Crippen LogP contribution in [0.1, 0.15) is 69.4 Å². The molecule has 5 rings (SSSR count). The predicted octanol–water partition coefficient (Wildman–Crippen LogP) is 9.91. The van der Waals surface area contributed by atoms with Crippen LogP contribution in [0.4, 0.5) is 0 Å². The summed E-state index contributed by atoms with van der Waals surface area (Å²) in [5.74, 6) is -0.327. The van der Waals surface area contributed by atoms with Crippen LogP contribution in [-0.2, 0) is 15.6 Å². The van der Waals surface area contributed by atoms with Crippen molar-refractivity contribution in [1.82, 2.24) is 4.57 Å². The van der Waals surface area contributed by atoms with Crippen molar-refractivity contribution in [3.63, 3.8) is 0 Å². The van der Waals surface area contributed by atoms with Crippen molar-refractivity contribution < 1.29 is 19.4 Å². The molecule has 1 heterocycles. The van der Waals surface area contributed by atoms with Crippen LogP contribution in [-0.4, -0.2) is 29.9 Å². The molecule has 234 valence electrons. The number of methoxy groups -OCH3 is 2. The van der Waals surface area contributed by atoms with E-state index in [1.54, 1.807) is 19.2 Å². The molecule has 4 aromatic carbocycles. The molecule has 0 aliphatic heterocycles. The van der Waals surface area contributed by atoms with Gasteiger partial charge in [0.25, 0.3) is 5.70 Å². The van der Waals surface area contributed by atoms with Gasteiger partial charge in [0.1, 0.15) is 11.5 Å². The minimum Gasteiger partial charge on any atom is -0.496 e. The predicted molar refractivity (Wildman–Crippen MR) is 189 cm³/mol. The van der Waals surface area contributed by atoms with Crippen molar-refractivity contribution in [2.45, 2.75) is 52.4 Å². The Morgan fingerprint density at radius 2 is 1.24 bits per heavy atom. The highest BCUT2D eigenvalue weighted by Gasteiger charge is 2.21. The van der Waals surface area contributed by atoms with E-state index in [-0.39, 0.29) is 10.8 Å². The SMILES string of the molecule is [C-]#[N+]/C(=C\c1cc(OC)c(/C=C/c2ccc(-n3c4ccc(C(C)(C)C)cc4c4cc(C(C)(C)C)ccc43)cc2)cc1OC)C(=O)O. The van der Waals surface area contributed by atoms with Gasteiger partial charge in [-0.3, -0.25) is 4.79 Å². The number of benzene rings is 4. The Labute approximate surface area is 271 Å². The molecule has 0 saturated heterocycles. The number of carbonyl (C=O) groups is 1. The number of fused-ring (bicyclic) bond motifs is 3. The van der Waals surface area contributed by atoms with Crippen LogP contribution in [0.15, 0.2) is 78.5 Å². The first-order chi connectivity index (χ1) is 21.7. The molecule has 0 bridgehead atoms. The van der Waals surface area contributed by atoms with Gasteiger partial charge in [-0.05, 0) is 82.1 Å². The van der Waals surface area contributed by atoms with Gasteiger partial charge in [-0.15, -0.1) is 0 Å². The van der Waals surface area contributed by atoms with E-state index >= 15 is 0 Å². The van der Waals surface area contributed by atoms with Gasteiger partial charge < -0.3 is 19.1 Å². The Morgan fingerprint density at radius 3 is 1.70 bits per heavy atom. The lowest BCUT2D eigenvalue weighted by atomic mass is 9.85. The highest BCUT2D eigenvalue weighted by atomic mass is 16.5. The number of nitrogens with zero attached hydrogens (tertiary/aromatic N) is 2. The third-order valence-electron chi connectivity index (χ3n) is 8.32. The first-order valence-corrected chi connectivity index (χ1v) is 15.2. The molecule has 0 unspecified atom stereocenters. The third kappa shape index (κ3) is 6.27. The number of carboxylic acids is 1. The van der Waals surface area contributed by atoms with E-state index in [9.17, 15) is 9.90 Å². The van der Waals surface area contributed by atoms with E-state index < -0.39 is 11.7 Å². The summed E-state index contributed by atoms with van der Waals surface area (Å²) in [5.41, 5.74) is 7.93. The summed E-state index contributed by atoms with van der Waals surface area (Å²) >= 11 is 0. The lowest BCUT2D eigenvalue weighted by Crippen LogP contribution is -2.10. The monoisotopic (exact) mass is 612 g/mol. The van der Waals surface area contributed by atoms with Gasteiger partial charge in [-0.25, -0.2) is 4.85 Å². The molecule has 5 aromatic rings. The summed E-state index contributed by atoms with van der Waals surface area (Å²) in [6.45, 7) is 20.7. The average molecular weight is 613 g/mol. The molecule has 0 spiro atoms. The maximum Gasteiger partial charge on any atom is 0.333 e. The van der Waals surface area contributed by atoms with Gasteiger partial charge in [0.05, 0.1) is 31.8 Å². The fraction of sp³-hybridized carbons (Fsp3) is 0.250. The van der Waals surface area contributed by atoms with E-state index in [4.69, 9.17) is 16.0 Å². The fourth-order valence-corrected chi connectivity index (χ4v) is 5.63. The van der Waals surface area contributed by atoms with Crippen molar-refractivity contribution in [2.24, 2.45) is 0 Å². The quantitative estimate of drug-likeness (QED) is 0.113. The van der Waals surface area contributed by atoms with Crippen molar-refractivity contribution in [2.75, 3.05) is 14.2 Å². The van der Waals surface area contributed by atoms with E-state index in [2.05, 4.69) is 112 Å². The van der Waals surface area contributed by atoms with Crippen LogP contribution < -0.4 is 9.47 Å². The van der Waals surface area contributed by atoms with Crippen LogP contribution in [0, 0.1) is 6.57 Å². The summed E-state index contributed by atoms with van der Waals surface area (Å²) < 4.78 is 13.4. The molecule has 0 amide bonds. The molecule has 0 fully saturated rings. The lowest BCUT2D eigenvalue weighted by Gasteiger charge is -2.19. The minimum absolute atomic E-state index is 0.0428. The zero-order valence-corrected chi connectivity index (χ0v) is 27.7. The van der Waals surface area contributed by atoms with Crippen molar-refractivity contribution in [1.29, 1.82) is 0 Å². The van der Waals surface area contributed by atoms with E-state index in [0.29, 0.717) is 17.1 Å². The zero-order valence-electron chi connectivity index (χ0n) is 27.7. The van der Waals surface area contributed by atoms with Gasteiger partial charge >= 0.3 is 5.97 Å². The van der Waals surface area contributed by atoms with Gasteiger partial charge in [0.15, 0.2) is 0 Å². The topological polar surface area (TPSA) is 65.0 Å². The standard InChI is InChI=1S/C40H40N2O4/c1-39(2,3)28-14-18-34-31(23-28)32-24-29(40(4,5)6)15-19-35(32)42(34)30-16-11-25(12-17-30)10-13-26-21-37(46-9)27(22-36(26)45-8)20-33(41-7)38(43)44/h10-24H,1-6,8-9H3,(H,43,44)/b13-10+,33-20-. The summed E-state index contributed by atoms with van der Waals surface area (Å²) in [6.07, 6.45) is 5.21. The molecule has 1 aromatic heterocycles. The minimum atomic E-state index is -1.30. The Hall–Kier alpha value is -5.28. The van der Waals surface area contributed by atoms with Crippen LogP contribution in [0.3, 0.4) is 0 Å². The molecular weight excluding hydrogens is 572 g/mol. The normalized spacial score (nSPS) is 12.5. The molecule has 0 aliphatic carbocycles. The Bertz CT molecular complexity index is 1990. The first kappa shape index (κ1) is 32.1. The number of aliphatic carboxylic acids is 1. The Balaban J connectivity index is 1.55. The van der Waals surface area contributed by atoms with Crippen LogP contribution in [0.2, 0.25) is 0 Å². The summed E-state index contributed by atoms with van der Waals surface area (Å²) in [7, 11) is 3.06. The molecule has 0 atom stereocenters. The zero-order chi connectivity index (χ0) is 33.4.